The van der Waals surface area contributed by atoms with E-state index in [4.69, 9.17) is 9.47 Å². The number of hydrogen-bond donors (Lipinski definition) is 0. The molecule has 0 aromatic heterocycles. The zero-order chi connectivity index (χ0) is 26.9. The van der Waals surface area contributed by atoms with Crippen molar-refractivity contribution < 1.29 is 14.3 Å². The highest BCUT2D eigenvalue weighted by molar-refractivity contribution is 5.95. The van der Waals surface area contributed by atoms with Crippen molar-refractivity contribution in [3.8, 4) is 11.5 Å². The molecule has 39 heavy (non-hydrogen) atoms. The van der Waals surface area contributed by atoms with Gasteiger partial charge >= 0.3 is 0 Å². The van der Waals surface area contributed by atoms with Gasteiger partial charge in [0.1, 0.15) is 18.1 Å². The van der Waals surface area contributed by atoms with Crippen molar-refractivity contribution >= 4 is 5.91 Å². The Morgan fingerprint density at radius 1 is 0.641 bits per heavy atom. The molecule has 0 aliphatic heterocycles. The van der Waals surface area contributed by atoms with Crippen molar-refractivity contribution in [1.82, 2.24) is 4.90 Å². The standard InChI is InChI=1S/C35H31NO3/c1-38-33-19-11-18-31(24-33)35(37)36(34(29-14-7-3-8-15-29)30-16-9-4-10-17-30)25-27-20-22-32(23-21-27)39-26-28-12-5-2-6-13-28/h2-24,34H,25-26H2,1H3. The van der Waals surface area contributed by atoms with Gasteiger partial charge in [0.15, 0.2) is 0 Å². The lowest BCUT2D eigenvalue weighted by Gasteiger charge is -2.33. The molecule has 1 amide bonds. The predicted molar refractivity (Wildman–Crippen MR) is 155 cm³/mol. The van der Waals surface area contributed by atoms with Crippen molar-refractivity contribution in [1.29, 1.82) is 0 Å². The van der Waals surface area contributed by atoms with Crippen LogP contribution < -0.4 is 9.47 Å². The lowest BCUT2D eigenvalue weighted by molar-refractivity contribution is 0.0690. The maximum Gasteiger partial charge on any atom is 0.255 e. The van der Waals surface area contributed by atoms with Crippen LogP contribution in [0.15, 0.2) is 140 Å². The second-order valence-corrected chi connectivity index (χ2v) is 9.31. The van der Waals surface area contributed by atoms with E-state index in [1.807, 2.05) is 114 Å². The van der Waals surface area contributed by atoms with Crippen LogP contribution in [-0.4, -0.2) is 17.9 Å². The van der Waals surface area contributed by atoms with Gasteiger partial charge in [0.25, 0.3) is 5.91 Å². The Hall–Kier alpha value is -4.83. The molecule has 0 aliphatic rings. The molecule has 4 heteroatoms. The number of hydrogen-bond acceptors (Lipinski definition) is 3. The minimum Gasteiger partial charge on any atom is -0.497 e. The van der Waals surface area contributed by atoms with Gasteiger partial charge in [0, 0.05) is 12.1 Å². The molecule has 0 unspecified atom stereocenters. The average molecular weight is 514 g/mol. The Morgan fingerprint density at radius 3 is 1.82 bits per heavy atom. The highest BCUT2D eigenvalue weighted by Crippen LogP contribution is 2.32. The van der Waals surface area contributed by atoms with Crippen molar-refractivity contribution in [2.75, 3.05) is 7.11 Å². The summed E-state index contributed by atoms with van der Waals surface area (Å²) < 4.78 is 11.4. The van der Waals surface area contributed by atoms with Gasteiger partial charge < -0.3 is 14.4 Å². The summed E-state index contributed by atoms with van der Waals surface area (Å²) in [6.45, 7) is 0.925. The number of methoxy groups -OCH3 is 1. The largest absolute Gasteiger partial charge is 0.497 e. The maximum atomic E-state index is 14.2. The third kappa shape index (κ3) is 6.55. The molecule has 0 heterocycles. The number of ether oxygens (including phenoxy) is 2. The fourth-order valence-corrected chi connectivity index (χ4v) is 4.65. The quantitative estimate of drug-likeness (QED) is 0.192. The zero-order valence-corrected chi connectivity index (χ0v) is 21.9. The first-order valence-electron chi connectivity index (χ1n) is 13.0. The van der Waals surface area contributed by atoms with Gasteiger partial charge in [-0.05, 0) is 52.6 Å². The molecule has 0 radical (unpaired) electrons. The molecule has 0 N–H and O–H groups in total. The summed E-state index contributed by atoms with van der Waals surface area (Å²) in [5.41, 5.74) is 4.79. The maximum absolute atomic E-state index is 14.2. The van der Waals surface area contributed by atoms with Crippen LogP contribution in [0.25, 0.3) is 0 Å². The first-order chi connectivity index (χ1) is 19.2. The van der Waals surface area contributed by atoms with Crippen LogP contribution in [0.2, 0.25) is 0 Å². The number of carbonyl (C=O) groups is 1. The molecule has 0 saturated heterocycles. The van der Waals surface area contributed by atoms with E-state index >= 15 is 0 Å². The number of benzene rings is 5. The summed E-state index contributed by atoms with van der Waals surface area (Å²) in [6.07, 6.45) is 0. The lowest BCUT2D eigenvalue weighted by atomic mass is 9.95. The molecule has 5 aromatic rings. The third-order valence-electron chi connectivity index (χ3n) is 6.64. The first kappa shape index (κ1) is 25.8. The summed E-state index contributed by atoms with van der Waals surface area (Å²) in [6, 6.07) is 45.5. The Bertz CT molecular complexity index is 1430. The molecule has 5 aromatic carbocycles. The fraction of sp³-hybridized carbons (Fsp3) is 0.114. The van der Waals surface area contributed by atoms with Gasteiger partial charge in [-0.1, -0.05) is 109 Å². The summed E-state index contributed by atoms with van der Waals surface area (Å²) in [5.74, 6) is 1.36. The second kappa shape index (κ2) is 12.6. The van der Waals surface area contributed by atoms with Gasteiger partial charge in [-0.2, -0.15) is 0 Å². The number of amides is 1. The highest BCUT2D eigenvalue weighted by Gasteiger charge is 2.28. The van der Waals surface area contributed by atoms with Gasteiger partial charge in [0.2, 0.25) is 0 Å². The second-order valence-electron chi connectivity index (χ2n) is 9.31. The Kier molecular flexibility index (Phi) is 8.35. The average Bonchev–Trinajstić information content (AvgIpc) is 3.01. The SMILES string of the molecule is COc1cccc(C(=O)N(Cc2ccc(OCc3ccccc3)cc2)C(c2ccccc2)c2ccccc2)c1. The molecule has 0 saturated carbocycles. The van der Waals surface area contributed by atoms with E-state index in [0.717, 1.165) is 28.0 Å². The van der Waals surface area contributed by atoms with Crippen LogP contribution >= 0.6 is 0 Å². The molecule has 0 spiro atoms. The summed E-state index contributed by atoms with van der Waals surface area (Å²) in [7, 11) is 1.61. The summed E-state index contributed by atoms with van der Waals surface area (Å²) in [4.78, 5) is 16.1. The molecule has 0 fully saturated rings. The van der Waals surface area contributed by atoms with Crippen LogP contribution in [0.4, 0.5) is 0 Å². The fourth-order valence-electron chi connectivity index (χ4n) is 4.65. The Morgan fingerprint density at radius 2 is 1.23 bits per heavy atom. The topological polar surface area (TPSA) is 38.8 Å². The van der Waals surface area contributed by atoms with E-state index in [0.29, 0.717) is 24.5 Å². The Balaban J connectivity index is 1.47. The number of nitrogens with zero attached hydrogens (tertiary/aromatic N) is 1. The van der Waals surface area contributed by atoms with Gasteiger partial charge in [-0.15, -0.1) is 0 Å². The number of carbonyl (C=O) groups excluding carboxylic acids is 1. The molecule has 0 bridgehead atoms. The molecule has 5 rings (SSSR count). The zero-order valence-electron chi connectivity index (χ0n) is 21.9. The van der Waals surface area contributed by atoms with Crippen LogP contribution in [0.1, 0.15) is 38.7 Å². The highest BCUT2D eigenvalue weighted by atomic mass is 16.5. The molecular formula is C35H31NO3. The van der Waals surface area contributed by atoms with Crippen LogP contribution in [0.3, 0.4) is 0 Å². The lowest BCUT2D eigenvalue weighted by Crippen LogP contribution is -2.35. The predicted octanol–water partition coefficient (Wildman–Crippen LogP) is 7.71. The van der Waals surface area contributed by atoms with Crippen molar-refractivity contribution in [3.05, 3.63) is 167 Å². The van der Waals surface area contributed by atoms with Gasteiger partial charge in [0.05, 0.1) is 13.2 Å². The normalized spacial score (nSPS) is 10.7. The minimum atomic E-state index is -0.278. The molecule has 4 nitrogen and oxygen atoms in total. The Labute approximate surface area is 230 Å². The summed E-state index contributed by atoms with van der Waals surface area (Å²) in [5, 5.41) is 0. The molecule has 0 aliphatic carbocycles. The smallest absolute Gasteiger partial charge is 0.255 e. The molecule has 194 valence electrons. The van der Waals surface area contributed by atoms with Crippen molar-refractivity contribution in [3.63, 3.8) is 0 Å². The van der Waals surface area contributed by atoms with E-state index in [9.17, 15) is 4.79 Å². The first-order valence-corrected chi connectivity index (χ1v) is 13.0. The van der Waals surface area contributed by atoms with E-state index in [1.165, 1.54) is 0 Å². The van der Waals surface area contributed by atoms with Crippen molar-refractivity contribution in [2.24, 2.45) is 0 Å². The van der Waals surface area contributed by atoms with Crippen molar-refractivity contribution in [2.45, 2.75) is 19.2 Å². The summed E-state index contributed by atoms with van der Waals surface area (Å²) >= 11 is 0. The van der Waals surface area contributed by atoms with E-state index in [1.54, 1.807) is 13.2 Å². The minimum absolute atomic E-state index is 0.0731. The van der Waals surface area contributed by atoms with Crippen LogP contribution in [0.5, 0.6) is 11.5 Å². The number of rotatable bonds is 10. The molecule has 0 atom stereocenters. The van der Waals surface area contributed by atoms with Crippen LogP contribution in [0, 0.1) is 0 Å². The van der Waals surface area contributed by atoms with E-state index in [-0.39, 0.29) is 11.9 Å². The van der Waals surface area contributed by atoms with E-state index < -0.39 is 0 Å². The van der Waals surface area contributed by atoms with Gasteiger partial charge in [-0.25, -0.2) is 0 Å². The molecular weight excluding hydrogens is 482 g/mol. The third-order valence-corrected chi connectivity index (χ3v) is 6.64. The van der Waals surface area contributed by atoms with Crippen LogP contribution in [-0.2, 0) is 13.2 Å². The monoisotopic (exact) mass is 513 g/mol. The van der Waals surface area contributed by atoms with Gasteiger partial charge in [-0.3, -0.25) is 4.79 Å². The van der Waals surface area contributed by atoms with E-state index in [2.05, 4.69) is 24.3 Å².